The molecule has 0 aromatic rings. The van der Waals surface area contributed by atoms with Crippen LogP contribution in [0.15, 0.2) is 28.4 Å². The molecule has 1 rings (SSSR count). The Kier molecular flexibility index (Phi) is 2.51. The Hall–Kier alpha value is -0.760. The summed E-state index contributed by atoms with van der Waals surface area (Å²) in [5, 5.41) is 4.49. The minimum Gasteiger partial charge on any atom is -0.399 e. The number of allylic oxidation sites excluding steroid dienone is 4. The van der Waals surface area contributed by atoms with E-state index in [1.165, 1.54) is 7.11 Å². The van der Waals surface area contributed by atoms with Crippen molar-refractivity contribution in [2.45, 2.75) is 6.42 Å². The topological polar surface area (TPSA) is 21.6 Å². The first kappa shape index (κ1) is 7.35. The summed E-state index contributed by atoms with van der Waals surface area (Å²) in [6.45, 7) is 0. The van der Waals surface area contributed by atoms with Gasteiger partial charge in [0.25, 0.3) is 0 Å². The van der Waals surface area contributed by atoms with Gasteiger partial charge in [0.05, 0.1) is 0 Å². The van der Waals surface area contributed by atoms with Crippen molar-refractivity contribution in [3.8, 4) is 0 Å². The third kappa shape index (κ3) is 1.88. The smallest absolute Gasteiger partial charge is 0.106 e. The number of halogens is 1. The van der Waals surface area contributed by atoms with Crippen LogP contribution < -0.4 is 0 Å². The maximum Gasteiger partial charge on any atom is 0.106 e. The Morgan fingerprint density at radius 1 is 1.70 bits per heavy atom. The highest BCUT2D eigenvalue weighted by Gasteiger charge is 1.99. The van der Waals surface area contributed by atoms with E-state index >= 15 is 0 Å². The van der Waals surface area contributed by atoms with Gasteiger partial charge in [-0.3, -0.25) is 0 Å². The predicted molar refractivity (Wildman–Crippen MR) is 42.1 cm³/mol. The third-order valence-electron chi connectivity index (χ3n) is 1.10. The summed E-state index contributed by atoms with van der Waals surface area (Å²) < 4.78 is 0. The molecule has 2 nitrogen and oxygen atoms in total. The van der Waals surface area contributed by atoms with Crippen LogP contribution in [-0.4, -0.2) is 12.8 Å². The van der Waals surface area contributed by atoms with Crippen molar-refractivity contribution in [2.75, 3.05) is 7.11 Å². The van der Waals surface area contributed by atoms with E-state index in [4.69, 9.17) is 11.6 Å². The van der Waals surface area contributed by atoms with E-state index in [0.717, 1.165) is 17.2 Å². The van der Waals surface area contributed by atoms with Crippen LogP contribution in [0.2, 0.25) is 0 Å². The molecule has 0 unspecified atom stereocenters. The molecule has 0 radical (unpaired) electrons. The number of hydrogen-bond acceptors (Lipinski definition) is 2. The van der Waals surface area contributed by atoms with Crippen molar-refractivity contribution < 1.29 is 4.84 Å². The molecule has 0 amide bonds. The van der Waals surface area contributed by atoms with E-state index in [9.17, 15) is 0 Å². The van der Waals surface area contributed by atoms with Crippen molar-refractivity contribution in [1.82, 2.24) is 0 Å². The van der Waals surface area contributed by atoms with Gasteiger partial charge >= 0.3 is 0 Å². The molecule has 10 heavy (non-hydrogen) atoms. The maximum atomic E-state index is 5.72. The highest BCUT2D eigenvalue weighted by molar-refractivity contribution is 6.32. The van der Waals surface area contributed by atoms with Crippen LogP contribution >= 0.6 is 11.6 Å². The van der Waals surface area contributed by atoms with Gasteiger partial charge < -0.3 is 4.84 Å². The summed E-state index contributed by atoms with van der Waals surface area (Å²) in [5.41, 5.74) is 0.763. The summed E-state index contributed by atoms with van der Waals surface area (Å²) in [5.74, 6) is 0. The van der Waals surface area contributed by atoms with Crippen LogP contribution in [0, 0.1) is 0 Å². The second-order valence-corrected chi connectivity index (χ2v) is 2.38. The molecule has 1 aliphatic carbocycles. The van der Waals surface area contributed by atoms with Gasteiger partial charge in [0.2, 0.25) is 0 Å². The zero-order valence-electron chi connectivity index (χ0n) is 5.67. The van der Waals surface area contributed by atoms with E-state index in [2.05, 4.69) is 9.99 Å². The molecule has 0 saturated heterocycles. The fourth-order valence-corrected chi connectivity index (χ4v) is 0.923. The Balaban J connectivity index is 2.70. The van der Waals surface area contributed by atoms with E-state index in [1.54, 1.807) is 6.08 Å². The molecule has 0 heterocycles. The van der Waals surface area contributed by atoms with Gasteiger partial charge in [0.1, 0.15) is 12.8 Å². The van der Waals surface area contributed by atoms with Gasteiger partial charge in [-0.1, -0.05) is 22.8 Å². The minimum atomic E-state index is 0.763. The molecular formula is C7H8ClNO. The molecule has 0 fully saturated rings. The summed E-state index contributed by atoms with van der Waals surface area (Å²) >= 11 is 5.72. The summed E-state index contributed by atoms with van der Waals surface area (Å²) in [6.07, 6.45) is 6.39. The Bertz CT molecular complexity index is 206. The normalized spacial score (nSPS) is 21.0. The van der Waals surface area contributed by atoms with E-state index in [0.29, 0.717) is 0 Å². The minimum absolute atomic E-state index is 0.763. The zero-order valence-corrected chi connectivity index (χ0v) is 6.43. The van der Waals surface area contributed by atoms with Crippen LogP contribution in [0.25, 0.3) is 0 Å². The highest BCUT2D eigenvalue weighted by atomic mass is 35.5. The van der Waals surface area contributed by atoms with E-state index in [-0.39, 0.29) is 0 Å². The van der Waals surface area contributed by atoms with Gasteiger partial charge in [-0.25, -0.2) is 0 Å². The molecule has 0 bridgehead atoms. The summed E-state index contributed by atoms with van der Waals surface area (Å²) in [6, 6.07) is 0. The second-order valence-electron chi connectivity index (χ2n) is 1.90. The lowest BCUT2D eigenvalue weighted by Gasteiger charge is -2.00. The van der Waals surface area contributed by atoms with Crippen molar-refractivity contribution in [2.24, 2.45) is 5.16 Å². The van der Waals surface area contributed by atoms with Crippen LogP contribution in [0.5, 0.6) is 0 Å². The molecule has 0 aromatic carbocycles. The molecule has 1 aliphatic rings. The van der Waals surface area contributed by atoms with Crippen LogP contribution in [0.3, 0.4) is 0 Å². The standard InChI is InChI=1S/C7H8ClNO/c1-10-9-7-4-2-3-6(8)5-7/h2,4-5H,3H2,1H3/b9-7+. The number of nitrogens with zero attached hydrogens (tertiary/aromatic N) is 1. The largest absolute Gasteiger partial charge is 0.399 e. The van der Waals surface area contributed by atoms with Crippen LogP contribution in [0.1, 0.15) is 6.42 Å². The molecular weight excluding hydrogens is 150 g/mol. The number of rotatable bonds is 1. The van der Waals surface area contributed by atoms with E-state index in [1.807, 2.05) is 12.2 Å². The monoisotopic (exact) mass is 157 g/mol. The van der Waals surface area contributed by atoms with E-state index < -0.39 is 0 Å². The maximum absolute atomic E-state index is 5.72. The van der Waals surface area contributed by atoms with Crippen molar-refractivity contribution in [3.05, 3.63) is 23.3 Å². The molecule has 3 heteroatoms. The first-order valence-electron chi connectivity index (χ1n) is 2.96. The second kappa shape index (κ2) is 3.42. The SMILES string of the molecule is CO/N=C1\C=CCC(Cl)=C1. The molecule has 0 N–H and O–H groups in total. The molecule has 0 aliphatic heterocycles. The molecule has 0 spiro atoms. The molecule has 0 saturated carbocycles. The van der Waals surface area contributed by atoms with Crippen LogP contribution in [0.4, 0.5) is 0 Å². The first-order valence-corrected chi connectivity index (χ1v) is 3.34. The van der Waals surface area contributed by atoms with Crippen molar-refractivity contribution in [3.63, 3.8) is 0 Å². The Morgan fingerprint density at radius 2 is 2.50 bits per heavy atom. The van der Waals surface area contributed by atoms with Gasteiger partial charge in [-0.05, 0) is 12.2 Å². The molecule has 0 atom stereocenters. The Labute approximate surface area is 64.8 Å². The molecule has 0 aromatic heterocycles. The predicted octanol–water partition coefficient (Wildman–Crippen LogP) is 2.07. The lowest BCUT2D eigenvalue weighted by molar-refractivity contribution is 0.214. The third-order valence-corrected chi connectivity index (χ3v) is 1.37. The molecule has 54 valence electrons. The lowest BCUT2D eigenvalue weighted by atomic mass is 10.2. The highest BCUT2D eigenvalue weighted by Crippen LogP contribution is 2.12. The van der Waals surface area contributed by atoms with Crippen LogP contribution in [-0.2, 0) is 4.84 Å². The lowest BCUT2D eigenvalue weighted by Crippen LogP contribution is -1.94. The quantitative estimate of drug-likeness (QED) is 0.534. The number of oxime groups is 1. The number of hydrogen-bond donors (Lipinski definition) is 0. The van der Waals surface area contributed by atoms with Gasteiger partial charge in [0.15, 0.2) is 0 Å². The first-order chi connectivity index (χ1) is 4.83. The fraction of sp³-hybridized carbons (Fsp3) is 0.286. The van der Waals surface area contributed by atoms with Gasteiger partial charge in [0, 0.05) is 11.5 Å². The average Bonchev–Trinajstić information content (AvgIpc) is 1.88. The van der Waals surface area contributed by atoms with Crippen molar-refractivity contribution in [1.29, 1.82) is 0 Å². The van der Waals surface area contributed by atoms with Gasteiger partial charge in [-0.15, -0.1) is 0 Å². The fourth-order valence-electron chi connectivity index (χ4n) is 0.722. The van der Waals surface area contributed by atoms with Gasteiger partial charge in [-0.2, -0.15) is 0 Å². The zero-order chi connectivity index (χ0) is 7.40. The average molecular weight is 158 g/mol. The summed E-state index contributed by atoms with van der Waals surface area (Å²) in [4.78, 5) is 4.56. The van der Waals surface area contributed by atoms with Crippen molar-refractivity contribution >= 4 is 17.3 Å². The Morgan fingerprint density at radius 3 is 3.10 bits per heavy atom. The summed E-state index contributed by atoms with van der Waals surface area (Å²) in [7, 11) is 1.51.